The van der Waals surface area contributed by atoms with Crippen LogP contribution in [-0.2, 0) is 26.1 Å². The lowest BCUT2D eigenvalue weighted by Gasteiger charge is -2.28. The van der Waals surface area contributed by atoms with Gasteiger partial charge in [-0.2, -0.15) is 5.26 Å². The van der Waals surface area contributed by atoms with Gasteiger partial charge >= 0.3 is 0 Å². The second-order valence-electron chi connectivity index (χ2n) is 6.91. The minimum absolute atomic E-state index is 0.0983. The second-order valence-corrected chi connectivity index (χ2v) is 6.91. The average molecular weight is 371 g/mol. The van der Waals surface area contributed by atoms with Crippen molar-refractivity contribution in [2.24, 2.45) is 0 Å². The van der Waals surface area contributed by atoms with Crippen LogP contribution in [-0.4, -0.2) is 21.4 Å². The van der Waals surface area contributed by atoms with Crippen molar-refractivity contribution < 1.29 is 0 Å². The molecule has 0 unspecified atom stereocenters. The number of benzene rings is 2. The Morgan fingerprint density at radius 3 is 2.75 bits per heavy atom. The van der Waals surface area contributed by atoms with E-state index >= 15 is 0 Å². The number of nitrogens with one attached hydrogen (secondary N) is 2. The average Bonchev–Trinajstić information content (AvgIpc) is 2.74. The number of nitriles is 1. The third-order valence-electron chi connectivity index (χ3n) is 4.98. The molecule has 0 radical (unpaired) electrons. The third kappa shape index (κ3) is 3.95. The van der Waals surface area contributed by atoms with Gasteiger partial charge in [-0.1, -0.05) is 48.5 Å². The van der Waals surface area contributed by atoms with Crippen molar-refractivity contribution in [3.63, 3.8) is 0 Å². The van der Waals surface area contributed by atoms with Crippen molar-refractivity contribution in [3.8, 4) is 6.07 Å². The van der Waals surface area contributed by atoms with Crippen LogP contribution in [0.2, 0.25) is 0 Å². The monoisotopic (exact) mass is 371 g/mol. The molecule has 0 amide bonds. The van der Waals surface area contributed by atoms with Gasteiger partial charge in [0.25, 0.3) is 5.56 Å². The Kier molecular flexibility index (Phi) is 5.18. The fraction of sp³-hybridized carbons (Fsp3) is 0.227. The summed E-state index contributed by atoms with van der Waals surface area (Å²) in [5.74, 6) is 0.510. The van der Waals surface area contributed by atoms with Gasteiger partial charge in [-0.25, -0.2) is 4.98 Å². The van der Waals surface area contributed by atoms with Crippen molar-refractivity contribution >= 4 is 5.95 Å². The molecule has 0 bridgehead atoms. The van der Waals surface area contributed by atoms with E-state index in [2.05, 4.69) is 26.3 Å². The van der Waals surface area contributed by atoms with Crippen molar-refractivity contribution in [1.82, 2.24) is 14.9 Å². The Morgan fingerprint density at radius 2 is 1.93 bits per heavy atom. The highest BCUT2D eigenvalue weighted by atomic mass is 16.1. The maximum Gasteiger partial charge on any atom is 0.257 e. The van der Waals surface area contributed by atoms with Crippen LogP contribution in [0.25, 0.3) is 0 Å². The molecule has 1 aromatic heterocycles. The Labute approximate surface area is 163 Å². The number of fused-ring (bicyclic) bond motifs is 1. The maximum absolute atomic E-state index is 12.6. The molecule has 2 aromatic carbocycles. The van der Waals surface area contributed by atoms with E-state index in [4.69, 9.17) is 0 Å². The molecular weight excluding hydrogens is 350 g/mol. The summed E-state index contributed by atoms with van der Waals surface area (Å²) >= 11 is 0. The molecule has 0 saturated carbocycles. The Bertz CT molecular complexity index is 1070. The number of nitrogens with zero attached hydrogens (tertiary/aromatic N) is 3. The van der Waals surface area contributed by atoms with E-state index in [0.717, 1.165) is 23.4 Å². The van der Waals surface area contributed by atoms with Crippen LogP contribution in [0.1, 0.15) is 27.9 Å². The van der Waals surface area contributed by atoms with Gasteiger partial charge in [-0.3, -0.25) is 14.7 Å². The van der Waals surface area contributed by atoms with Crippen molar-refractivity contribution in [1.29, 1.82) is 5.26 Å². The van der Waals surface area contributed by atoms with E-state index in [-0.39, 0.29) is 5.56 Å². The van der Waals surface area contributed by atoms with E-state index in [1.165, 1.54) is 0 Å². The van der Waals surface area contributed by atoms with Gasteiger partial charge in [0.15, 0.2) is 0 Å². The normalized spacial score (nSPS) is 13.5. The molecule has 0 saturated heterocycles. The van der Waals surface area contributed by atoms with Crippen LogP contribution < -0.4 is 10.9 Å². The van der Waals surface area contributed by atoms with Gasteiger partial charge in [0.05, 0.1) is 22.9 Å². The summed E-state index contributed by atoms with van der Waals surface area (Å²) in [7, 11) is 0. The molecule has 3 aromatic rings. The minimum Gasteiger partial charge on any atom is -0.352 e. The molecule has 6 nitrogen and oxygen atoms in total. The first-order valence-electron chi connectivity index (χ1n) is 9.33. The van der Waals surface area contributed by atoms with Crippen LogP contribution in [0, 0.1) is 11.3 Å². The number of hydrogen-bond acceptors (Lipinski definition) is 5. The van der Waals surface area contributed by atoms with E-state index in [0.29, 0.717) is 43.1 Å². The van der Waals surface area contributed by atoms with Crippen molar-refractivity contribution in [3.05, 3.63) is 92.9 Å². The molecule has 28 heavy (non-hydrogen) atoms. The topological polar surface area (TPSA) is 84.8 Å². The first-order valence-corrected chi connectivity index (χ1v) is 9.33. The minimum atomic E-state index is -0.0983. The van der Waals surface area contributed by atoms with Gasteiger partial charge in [-0.15, -0.1) is 0 Å². The molecule has 1 aliphatic rings. The number of hydrogen-bond donors (Lipinski definition) is 2. The summed E-state index contributed by atoms with van der Waals surface area (Å²) in [6.45, 7) is 2.61. The lowest BCUT2D eigenvalue weighted by molar-refractivity contribution is 0.241. The smallest absolute Gasteiger partial charge is 0.257 e. The first kappa shape index (κ1) is 18.0. The first-order chi connectivity index (χ1) is 13.7. The van der Waals surface area contributed by atoms with Crippen LogP contribution in [0.15, 0.2) is 59.4 Å². The fourth-order valence-electron chi connectivity index (χ4n) is 3.49. The van der Waals surface area contributed by atoms with Gasteiger partial charge in [0.2, 0.25) is 5.95 Å². The molecule has 2 heterocycles. The molecule has 140 valence electrons. The standard InChI is InChI=1S/C22H21N5O/c23-12-17-8-4-5-9-18(17)14-27-11-10-20-19(15-27)21(28)26-22(25-20)24-13-16-6-2-1-3-7-16/h1-9H,10-11,13-15H2,(H2,24,25,26,28). The van der Waals surface area contributed by atoms with Crippen LogP contribution in [0.5, 0.6) is 0 Å². The fourth-order valence-corrected chi connectivity index (χ4v) is 3.49. The van der Waals surface area contributed by atoms with Crippen molar-refractivity contribution in [2.45, 2.75) is 26.1 Å². The maximum atomic E-state index is 12.6. The number of H-pyrrole nitrogens is 1. The zero-order valence-electron chi connectivity index (χ0n) is 15.5. The summed E-state index contributed by atoms with van der Waals surface area (Å²) in [6.07, 6.45) is 0.716. The van der Waals surface area contributed by atoms with Crippen LogP contribution in [0.3, 0.4) is 0 Å². The number of aromatic nitrogens is 2. The van der Waals surface area contributed by atoms with E-state index in [9.17, 15) is 10.1 Å². The molecule has 4 rings (SSSR count). The SMILES string of the molecule is N#Cc1ccccc1CN1CCc2nc(NCc3ccccc3)[nH]c(=O)c2C1. The van der Waals surface area contributed by atoms with E-state index in [1.54, 1.807) is 0 Å². The van der Waals surface area contributed by atoms with Gasteiger partial charge in [0.1, 0.15) is 0 Å². The van der Waals surface area contributed by atoms with E-state index in [1.807, 2.05) is 54.6 Å². The lowest BCUT2D eigenvalue weighted by atomic mass is 10.0. The van der Waals surface area contributed by atoms with Crippen LogP contribution in [0.4, 0.5) is 5.95 Å². The molecule has 1 aliphatic heterocycles. The van der Waals surface area contributed by atoms with E-state index < -0.39 is 0 Å². The lowest BCUT2D eigenvalue weighted by Crippen LogP contribution is -2.35. The number of anilines is 1. The van der Waals surface area contributed by atoms with Gasteiger partial charge in [0, 0.05) is 32.6 Å². The summed E-state index contributed by atoms with van der Waals surface area (Å²) < 4.78 is 0. The summed E-state index contributed by atoms with van der Waals surface area (Å²) in [4.78, 5) is 22.3. The summed E-state index contributed by atoms with van der Waals surface area (Å²) in [6, 6.07) is 19.8. The highest BCUT2D eigenvalue weighted by molar-refractivity contribution is 5.38. The highest BCUT2D eigenvalue weighted by Gasteiger charge is 2.21. The van der Waals surface area contributed by atoms with Gasteiger partial charge in [-0.05, 0) is 17.2 Å². The Hall–Kier alpha value is -3.43. The molecule has 0 aliphatic carbocycles. The van der Waals surface area contributed by atoms with Crippen LogP contribution >= 0.6 is 0 Å². The molecule has 0 spiro atoms. The Morgan fingerprint density at radius 1 is 1.14 bits per heavy atom. The zero-order valence-corrected chi connectivity index (χ0v) is 15.5. The zero-order chi connectivity index (χ0) is 19.3. The Balaban J connectivity index is 1.47. The molecule has 0 fully saturated rings. The number of rotatable bonds is 5. The molecule has 0 atom stereocenters. The largest absolute Gasteiger partial charge is 0.352 e. The quantitative estimate of drug-likeness (QED) is 0.720. The molecule has 2 N–H and O–H groups in total. The summed E-state index contributed by atoms with van der Waals surface area (Å²) in [5.41, 5.74) is 4.26. The van der Waals surface area contributed by atoms with Gasteiger partial charge < -0.3 is 5.32 Å². The summed E-state index contributed by atoms with van der Waals surface area (Å²) in [5, 5.41) is 12.5. The molecular formula is C22H21N5O. The van der Waals surface area contributed by atoms with Crippen molar-refractivity contribution in [2.75, 3.05) is 11.9 Å². The highest BCUT2D eigenvalue weighted by Crippen LogP contribution is 2.19. The second kappa shape index (κ2) is 8.07. The third-order valence-corrected chi connectivity index (χ3v) is 4.98. The predicted molar refractivity (Wildman–Crippen MR) is 108 cm³/mol. The predicted octanol–water partition coefficient (Wildman–Crippen LogP) is 2.81. The molecule has 6 heteroatoms. The number of aromatic amines is 1.